The number of carbonyl (C=O) groups excluding carboxylic acids is 3. The monoisotopic (exact) mass is 424 g/mol. The molecular weight excluding hydrogens is 400 g/mol. The summed E-state index contributed by atoms with van der Waals surface area (Å²) < 4.78 is 23.2. The Morgan fingerprint density at radius 1 is 1.14 bits per heavy atom. The fraction of sp³-hybridized carbons (Fsp3) is 0.474. The molecule has 3 amide bonds. The minimum atomic E-state index is -3.39. The van der Waals surface area contributed by atoms with Gasteiger partial charge in [-0.05, 0) is 45.4 Å². The number of carbonyl (C=O) groups is 4. The van der Waals surface area contributed by atoms with Crippen LogP contribution < -0.4 is 5.32 Å². The number of fused-ring (bicyclic) bond motifs is 1. The number of nitrogens with one attached hydrogen (secondary N) is 1. The van der Waals surface area contributed by atoms with Crippen molar-refractivity contribution in [3.8, 4) is 0 Å². The Kier molecular flexibility index (Phi) is 6.17. The van der Waals surface area contributed by atoms with Crippen LogP contribution in [0.5, 0.6) is 0 Å². The van der Waals surface area contributed by atoms with Gasteiger partial charge >= 0.3 is 5.97 Å². The van der Waals surface area contributed by atoms with Crippen molar-refractivity contribution in [3.05, 3.63) is 34.9 Å². The maximum Gasteiger partial charge on any atom is 0.326 e. The topological polar surface area (TPSA) is 138 Å². The molecule has 2 N–H and O–H groups in total. The minimum absolute atomic E-state index is 0.00487. The average molecular weight is 424 g/mol. The standard InChI is InChI=1S/C19H24N2O7S/c1-5-29(27,28)9-8-14(18(25)26)20-15(22)11-6-7-12-13(10-11)17(24)21(16(12)23)19(2,3)4/h6-7,10,14H,5,8-9H2,1-4H3,(H,20,22)(H,25,26). The molecule has 1 aromatic rings. The molecule has 0 saturated carbocycles. The number of nitrogens with zero attached hydrogens (tertiary/aromatic N) is 1. The van der Waals surface area contributed by atoms with E-state index in [4.69, 9.17) is 0 Å². The zero-order valence-electron chi connectivity index (χ0n) is 16.7. The second-order valence-corrected chi connectivity index (χ2v) is 10.2. The Bertz CT molecular complexity index is 977. The quantitative estimate of drug-likeness (QED) is 0.625. The largest absolute Gasteiger partial charge is 0.480 e. The van der Waals surface area contributed by atoms with Crippen LogP contribution in [0.15, 0.2) is 18.2 Å². The Hall–Kier alpha value is -2.75. The van der Waals surface area contributed by atoms with Gasteiger partial charge in [-0.3, -0.25) is 19.3 Å². The Balaban J connectivity index is 2.23. The summed E-state index contributed by atoms with van der Waals surface area (Å²) in [5, 5.41) is 11.6. The van der Waals surface area contributed by atoms with Gasteiger partial charge in [0.1, 0.15) is 15.9 Å². The van der Waals surface area contributed by atoms with E-state index in [0.29, 0.717) is 0 Å². The van der Waals surface area contributed by atoms with E-state index in [1.165, 1.54) is 25.1 Å². The summed E-state index contributed by atoms with van der Waals surface area (Å²) in [6.07, 6.45) is -0.280. The first-order chi connectivity index (χ1) is 13.3. The van der Waals surface area contributed by atoms with Crippen molar-refractivity contribution in [2.24, 2.45) is 0 Å². The first kappa shape index (κ1) is 22.5. The van der Waals surface area contributed by atoms with Gasteiger partial charge in [0.25, 0.3) is 17.7 Å². The molecular formula is C19H24N2O7S. The van der Waals surface area contributed by atoms with E-state index in [1.807, 2.05) is 0 Å². The third kappa shape index (κ3) is 4.81. The SMILES string of the molecule is CCS(=O)(=O)CCC(NC(=O)c1ccc2c(c1)C(=O)N(C(C)(C)C)C2=O)C(=O)O. The molecule has 0 bridgehead atoms. The van der Waals surface area contributed by atoms with Crippen LogP contribution in [-0.4, -0.2) is 65.2 Å². The van der Waals surface area contributed by atoms with Crippen molar-refractivity contribution in [3.63, 3.8) is 0 Å². The summed E-state index contributed by atoms with van der Waals surface area (Å²) in [7, 11) is -3.39. The highest BCUT2D eigenvalue weighted by molar-refractivity contribution is 7.91. The van der Waals surface area contributed by atoms with Crippen LogP contribution in [0.4, 0.5) is 0 Å². The molecule has 1 atom stereocenters. The molecule has 2 rings (SSSR count). The summed E-state index contributed by atoms with van der Waals surface area (Å²) >= 11 is 0. The number of hydrogen-bond acceptors (Lipinski definition) is 6. The molecule has 1 aromatic carbocycles. The normalized spacial score (nSPS) is 15.2. The summed E-state index contributed by atoms with van der Waals surface area (Å²) in [6.45, 7) is 6.59. The van der Waals surface area contributed by atoms with E-state index < -0.39 is 45.1 Å². The summed E-state index contributed by atoms with van der Waals surface area (Å²) in [5.74, 6) is -3.63. The number of imide groups is 1. The van der Waals surface area contributed by atoms with Gasteiger partial charge in [0.2, 0.25) is 0 Å². The summed E-state index contributed by atoms with van der Waals surface area (Å²) in [5.41, 5.74) is -0.497. The van der Waals surface area contributed by atoms with Gasteiger partial charge < -0.3 is 10.4 Å². The number of amides is 3. The lowest BCUT2D eigenvalue weighted by Gasteiger charge is -2.29. The van der Waals surface area contributed by atoms with Crippen molar-refractivity contribution in [1.29, 1.82) is 0 Å². The van der Waals surface area contributed by atoms with Gasteiger partial charge in [0.15, 0.2) is 0 Å². The maximum atomic E-state index is 12.6. The van der Waals surface area contributed by atoms with Crippen LogP contribution >= 0.6 is 0 Å². The first-order valence-corrected chi connectivity index (χ1v) is 10.9. The second kappa shape index (κ2) is 7.94. The highest BCUT2D eigenvalue weighted by Gasteiger charge is 2.42. The van der Waals surface area contributed by atoms with E-state index in [1.54, 1.807) is 20.8 Å². The van der Waals surface area contributed by atoms with Crippen LogP contribution in [0.1, 0.15) is 65.2 Å². The van der Waals surface area contributed by atoms with Crippen LogP contribution in [-0.2, 0) is 14.6 Å². The number of sulfone groups is 1. The number of carboxylic acids is 1. The van der Waals surface area contributed by atoms with Crippen molar-refractivity contribution < 1.29 is 32.7 Å². The third-order valence-electron chi connectivity index (χ3n) is 4.58. The molecule has 0 spiro atoms. The number of benzene rings is 1. The Morgan fingerprint density at radius 3 is 2.24 bits per heavy atom. The van der Waals surface area contributed by atoms with Gasteiger partial charge in [-0.1, -0.05) is 6.92 Å². The molecule has 0 saturated heterocycles. The van der Waals surface area contributed by atoms with Gasteiger partial charge in [0, 0.05) is 16.9 Å². The molecule has 0 fully saturated rings. The molecule has 1 aliphatic rings. The highest BCUT2D eigenvalue weighted by atomic mass is 32.2. The predicted octanol–water partition coefficient (Wildman–Crippen LogP) is 1.09. The van der Waals surface area contributed by atoms with Gasteiger partial charge in [0.05, 0.1) is 16.9 Å². The number of hydrogen-bond donors (Lipinski definition) is 2. The molecule has 158 valence electrons. The average Bonchev–Trinajstić information content (AvgIpc) is 2.88. The van der Waals surface area contributed by atoms with Crippen LogP contribution in [0, 0.1) is 0 Å². The van der Waals surface area contributed by atoms with E-state index in [-0.39, 0.29) is 34.6 Å². The van der Waals surface area contributed by atoms with Crippen LogP contribution in [0.25, 0.3) is 0 Å². The summed E-state index contributed by atoms with van der Waals surface area (Å²) in [4.78, 5) is 50.1. The number of rotatable bonds is 7. The minimum Gasteiger partial charge on any atom is -0.480 e. The van der Waals surface area contributed by atoms with E-state index in [9.17, 15) is 32.7 Å². The van der Waals surface area contributed by atoms with Crippen molar-refractivity contribution in [1.82, 2.24) is 10.2 Å². The van der Waals surface area contributed by atoms with Gasteiger partial charge in [-0.15, -0.1) is 0 Å². The molecule has 1 heterocycles. The molecule has 1 unspecified atom stereocenters. The molecule has 9 nitrogen and oxygen atoms in total. The maximum absolute atomic E-state index is 12.6. The molecule has 0 aliphatic carbocycles. The smallest absolute Gasteiger partial charge is 0.326 e. The fourth-order valence-corrected chi connectivity index (χ4v) is 3.82. The van der Waals surface area contributed by atoms with Crippen molar-refractivity contribution in [2.45, 2.75) is 45.7 Å². The lowest BCUT2D eigenvalue weighted by atomic mass is 10.0. The van der Waals surface area contributed by atoms with E-state index in [0.717, 1.165) is 4.90 Å². The highest BCUT2D eigenvalue weighted by Crippen LogP contribution is 2.29. The second-order valence-electron chi connectivity index (χ2n) is 7.77. The van der Waals surface area contributed by atoms with Gasteiger partial charge in [-0.2, -0.15) is 0 Å². The number of aliphatic carboxylic acids is 1. The lowest BCUT2D eigenvalue weighted by Crippen LogP contribution is -2.45. The van der Waals surface area contributed by atoms with Crippen LogP contribution in [0.2, 0.25) is 0 Å². The molecule has 1 aliphatic heterocycles. The number of carboxylic acid groups (broad SMARTS) is 1. The predicted molar refractivity (Wildman–Crippen MR) is 105 cm³/mol. The van der Waals surface area contributed by atoms with Crippen molar-refractivity contribution >= 4 is 33.5 Å². The molecule has 29 heavy (non-hydrogen) atoms. The Morgan fingerprint density at radius 2 is 1.72 bits per heavy atom. The fourth-order valence-electron chi connectivity index (χ4n) is 2.93. The lowest BCUT2D eigenvalue weighted by molar-refractivity contribution is -0.139. The van der Waals surface area contributed by atoms with Crippen molar-refractivity contribution in [2.75, 3.05) is 11.5 Å². The van der Waals surface area contributed by atoms with E-state index in [2.05, 4.69) is 5.32 Å². The first-order valence-electron chi connectivity index (χ1n) is 9.05. The van der Waals surface area contributed by atoms with Crippen LogP contribution in [0.3, 0.4) is 0 Å². The molecule has 0 radical (unpaired) electrons. The molecule has 10 heteroatoms. The van der Waals surface area contributed by atoms with E-state index >= 15 is 0 Å². The summed E-state index contributed by atoms with van der Waals surface area (Å²) in [6, 6.07) is 2.53. The zero-order valence-corrected chi connectivity index (χ0v) is 17.5. The zero-order chi connectivity index (χ0) is 22.1. The molecule has 0 aromatic heterocycles. The Labute approximate surface area is 169 Å². The third-order valence-corrected chi connectivity index (χ3v) is 6.32. The van der Waals surface area contributed by atoms with Gasteiger partial charge in [-0.25, -0.2) is 13.2 Å².